The van der Waals surface area contributed by atoms with Crippen LogP contribution in [-0.4, -0.2) is 11.1 Å². The van der Waals surface area contributed by atoms with Crippen LogP contribution in [0.4, 0.5) is 0 Å². The minimum atomic E-state index is -0.641. The lowest BCUT2D eigenvalue weighted by molar-refractivity contribution is -0.150. The lowest BCUT2D eigenvalue weighted by Crippen LogP contribution is -2.32. The van der Waals surface area contributed by atoms with Crippen LogP contribution in [0.25, 0.3) is 0 Å². The van der Waals surface area contributed by atoms with Crippen molar-refractivity contribution in [2.24, 2.45) is 11.3 Å². The molecule has 0 bridgehead atoms. The number of carbonyl (C=O) groups is 1. The highest BCUT2D eigenvalue weighted by molar-refractivity contribution is 5.74. The lowest BCUT2D eigenvalue weighted by Gasteiger charge is -2.30. The highest BCUT2D eigenvalue weighted by Crippen LogP contribution is 2.35. The zero-order valence-electron chi connectivity index (χ0n) is 15.6. The van der Waals surface area contributed by atoms with E-state index < -0.39 is 11.4 Å². The van der Waals surface area contributed by atoms with Gasteiger partial charge in [-0.2, -0.15) is 0 Å². The Morgan fingerprint density at radius 2 is 1.23 bits per heavy atom. The second-order valence-electron chi connectivity index (χ2n) is 7.48. The van der Waals surface area contributed by atoms with Crippen molar-refractivity contribution in [1.29, 1.82) is 0 Å². The second kappa shape index (κ2) is 13.0. The third-order valence-corrected chi connectivity index (χ3v) is 5.12. The van der Waals surface area contributed by atoms with Crippen LogP contribution in [0.1, 0.15) is 111 Å². The van der Waals surface area contributed by atoms with Crippen LogP contribution in [-0.2, 0) is 4.79 Å². The van der Waals surface area contributed by atoms with Gasteiger partial charge in [0, 0.05) is 0 Å². The summed E-state index contributed by atoms with van der Waals surface area (Å²) in [5.41, 5.74) is -0.574. The number of aliphatic carboxylic acids is 1. The van der Waals surface area contributed by atoms with E-state index in [4.69, 9.17) is 0 Å². The van der Waals surface area contributed by atoms with Gasteiger partial charge in [0.1, 0.15) is 0 Å². The molecular formula is C20H40O2. The van der Waals surface area contributed by atoms with E-state index in [0.717, 1.165) is 19.3 Å². The number of rotatable bonds is 15. The molecule has 0 aliphatic carbocycles. The molecule has 2 nitrogen and oxygen atoms in total. The van der Waals surface area contributed by atoms with Crippen LogP contribution in [0.15, 0.2) is 0 Å². The summed E-state index contributed by atoms with van der Waals surface area (Å²) in [5.74, 6) is -0.318. The molecule has 0 saturated heterocycles. The zero-order valence-corrected chi connectivity index (χ0v) is 15.6. The first-order valence-electron chi connectivity index (χ1n) is 9.70. The van der Waals surface area contributed by atoms with Crippen molar-refractivity contribution in [3.05, 3.63) is 0 Å². The SMILES string of the molecule is CCCCCCCCCCCCC(CCC)C(C)(C)C(=O)O. The van der Waals surface area contributed by atoms with Crippen LogP contribution in [0.3, 0.4) is 0 Å². The van der Waals surface area contributed by atoms with Gasteiger partial charge in [-0.25, -0.2) is 0 Å². The van der Waals surface area contributed by atoms with E-state index in [1.165, 1.54) is 64.2 Å². The average molecular weight is 313 g/mol. The third-order valence-electron chi connectivity index (χ3n) is 5.12. The van der Waals surface area contributed by atoms with Gasteiger partial charge in [-0.15, -0.1) is 0 Å². The Labute approximate surface area is 139 Å². The topological polar surface area (TPSA) is 37.3 Å². The summed E-state index contributed by atoms with van der Waals surface area (Å²) in [6.07, 6.45) is 16.6. The van der Waals surface area contributed by atoms with Crippen LogP contribution in [0, 0.1) is 11.3 Å². The van der Waals surface area contributed by atoms with Crippen molar-refractivity contribution < 1.29 is 9.90 Å². The largest absolute Gasteiger partial charge is 0.481 e. The van der Waals surface area contributed by atoms with Crippen LogP contribution >= 0.6 is 0 Å². The number of carboxylic acid groups (broad SMARTS) is 1. The third kappa shape index (κ3) is 9.48. The summed E-state index contributed by atoms with van der Waals surface area (Å²) < 4.78 is 0. The first kappa shape index (κ1) is 21.5. The Balaban J connectivity index is 3.71. The van der Waals surface area contributed by atoms with E-state index in [0.29, 0.717) is 5.92 Å². The maximum absolute atomic E-state index is 11.4. The minimum absolute atomic E-state index is 0.323. The highest BCUT2D eigenvalue weighted by atomic mass is 16.4. The smallest absolute Gasteiger partial charge is 0.309 e. The number of carboxylic acids is 1. The van der Waals surface area contributed by atoms with Gasteiger partial charge in [0.25, 0.3) is 0 Å². The summed E-state index contributed by atoms with van der Waals surface area (Å²) >= 11 is 0. The van der Waals surface area contributed by atoms with Crippen molar-refractivity contribution in [1.82, 2.24) is 0 Å². The lowest BCUT2D eigenvalue weighted by atomic mass is 9.74. The molecule has 1 atom stereocenters. The molecule has 2 heteroatoms. The molecule has 0 aromatic rings. The molecule has 0 heterocycles. The van der Waals surface area contributed by atoms with Gasteiger partial charge in [0.2, 0.25) is 0 Å². The molecule has 1 unspecified atom stereocenters. The molecule has 132 valence electrons. The monoisotopic (exact) mass is 312 g/mol. The summed E-state index contributed by atoms with van der Waals surface area (Å²) in [7, 11) is 0. The molecule has 1 N–H and O–H groups in total. The highest BCUT2D eigenvalue weighted by Gasteiger charge is 2.35. The fraction of sp³-hybridized carbons (Fsp3) is 0.950. The molecule has 0 saturated carbocycles. The first-order valence-corrected chi connectivity index (χ1v) is 9.70. The minimum Gasteiger partial charge on any atom is -0.481 e. The van der Waals surface area contributed by atoms with Gasteiger partial charge in [-0.05, 0) is 32.6 Å². The molecule has 0 aromatic heterocycles. The van der Waals surface area contributed by atoms with Gasteiger partial charge in [0.15, 0.2) is 0 Å². The molecular weight excluding hydrogens is 272 g/mol. The molecule has 0 aromatic carbocycles. The van der Waals surface area contributed by atoms with Crippen molar-refractivity contribution in [2.75, 3.05) is 0 Å². The van der Waals surface area contributed by atoms with E-state index in [2.05, 4.69) is 13.8 Å². The van der Waals surface area contributed by atoms with Gasteiger partial charge in [-0.3, -0.25) is 4.79 Å². The normalized spacial score (nSPS) is 13.3. The number of hydrogen-bond donors (Lipinski definition) is 1. The van der Waals surface area contributed by atoms with Crippen LogP contribution < -0.4 is 0 Å². The maximum atomic E-state index is 11.4. The van der Waals surface area contributed by atoms with Crippen molar-refractivity contribution in [3.8, 4) is 0 Å². The Hall–Kier alpha value is -0.530. The van der Waals surface area contributed by atoms with Crippen molar-refractivity contribution in [3.63, 3.8) is 0 Å². The Morgan fingerprint density at radius 3 is 1.64 bits per heavy atom. The summed E-state index contributed by atoms with van der Waals surface area (Å²) in [5, 5.41) is 9.40. The molecule has 0 aliphatic heterocycles. The summed E-state index contributed by atoms with van der Waals surface area (Å²) in [4.78, 5) is 11.4. The summed E-state index contributed by atoms with van der Waals surface area (Å²) in [6, 6.07) is 0. The maximum Gasteiger partial charge on any atom is 0.309 e. The molecule has 0 amide bonds. The first-order chi connectivity index (χ1) is 10.5. The van der Waals surface area contributed by atoms with E-state index in [9.17, 15) is 9.90 Å². The Morgan fingerprint density at radius 1 is 0.773 bits per heavy atom. The molecule has 0 aliphatic rings. The fourth-order valence-electron chi connectivity index (χ4n) is 3.27. The quantitative estimate of drug-likeness (QED) is 0.337. The van der Waals surface area contributed by atoms with Gasteiger partial charge in [-0.1, -0.05) is 84.5 Å². The van der Waals surface area contributed by atoms with E-state index in [-0.39, 0.29) is 0 Å². The summed E-state index contributed by atoms with van der Waals surface area (Å²) in [6.45, 7) is 8.21. The predicted molar refractivity (Wildman–Crippen MR) is 96.3 cm³/mol. The Bertz CT molecular complexity index is 271. The van der Waals surface area contributed by atoms with Gasteiger partial charge < -0.3 is 5.11 Å². The van der Waals surface area contributed by atoms with Crippen molar-refractivity contribution in [2.45, 2.75) is 111 Å². The van der Waals surface area contributed by atoms with E-state index >= 15 is 0 Å². The standard InChI is InChI=1S/C20H40O2/c1-5-7-8-9-10-11-12-13-14-15-17-18(16-6-2)20(3,4)19(21)22/h18H,5-17H2,1-4H3,(H,21,22). The van der Waals surface area contributed by atoms with Crippen LogP contribution in [0.5, 0.6) is 0 Å². The molecule has 0 fully saturated rings. The number of unbranched alkanes of at least 4 members (excludes halogenated alkanes) is 9. The number of hydrogen-bond acceptors (Lipinski definition) is 1. The average Bonchev–Trinajstić information content (AvgIpc) is 2.47. The second-order valence-corrected chi connectivity index (χ2v) is 7.48. The van der Waals surface area contributed by atoms with Crippen LogP contribution in [0.2, 0.25) is 0 Å². The van der Waals surface area contributed by atoms with Gasteiger partial charge >= 0.3 is 5.97 Å². The Kier molecular flexibility index (Phi) is 12.6. The molecule has 0 rings (SSSR count). The predicted octanol–water partition coefficient (Wildman–Crippen LogP) is 6.82. The molecule has 0 radical (unpaired) electrons. The van der Waals surface area contributed by atoms with E-state index in [1.54, 1.807) is 0 Å². The fourth-order valence-corrected chi connectivity index (χ4v) is 3.27. The zero-order chi connectivity index (χ0) is 16.8. The molecule has 0 spiro atoms. The molecule has 22 heavy (non-hydrogen) atoms. The van der Waals surface area contributed by atoms with Crippen molar-refractivity contribution >= 4 is 5.97 Å². The van der Waals surface area contributed by atoms with Gasteiger partial charge in [0.05, 0.1) is 5.41 Å². The van der Waals surface area contributed by atoms with E-state index in [1.807, 2.05) is 13.8 Å².